The van der Waals surface area contributed by atoms with Crippen LogP contribution in [0.3, 0.4) is 0 Å². The molecule has 4 nitrogen and oxygen atoms in total. The molecular formula is C20H25N3O. The molecule has 0 aliphatic heterocycles. The number of anilines is 1. The molecule has 0 radical (unpaired) electrons. The molecule has 1 saturated carbocycles. The van der Waals surface area contributed by atoms with Crippen LogP contribution in [0.5, 0.6) is 0 Å². The second kappa shape index (κ2) is 7.05. The molecule has 2 amide bonds. The first-order valence-corrected chi connectivity index (χ1v) is 8.51. The molecule has 24 heavy (non-hydrogen) atoms. The first-order chi connectivity index (χ1) is 11.5. The quantitative estimate of drug-likeness (QED) is 0.776. The van der Waals surface area contributed by atoms with Crippen molar-refractivity contribution in [3.8, 4) is 0 Å². The van der Waals surface area contributed by atoms with Crippen molar-refractivity contribution in [1.29, 1.82) is 0 Å². The Kier molecular flexibility index (Phi) is 4.86. The van der Waals surface area contributed by atoms with Gasteiger partial charge < -0.3 is 16.4 Å². The molecule has 0 bridgehead atoms. The zero-order chi connectivity index (χ0) is 17.1. The van der Waals surface area contributed by atoms with Crippen LogP contribution in [0.25, 0.3) is 0 Å². The fourth-order valence-electron chi connectivity index (χ4n) is 3.50. The predicted molar refractivity (Wildman–Crippen MR) is 98.1 cm³/mol. The van der Waals surface area contributed by atoms with Crippen LogP contribution in [0.1, 0.15) is 48.4 Å². The van der Waals surface area contributed by atoms with Gasteiger partial charge in [-0.15, -0.1) is 0 Å². The molecule has 4 N–H and O–H groups in total. The van der Waals surface area contributed by atoms with Gasteiger partial charge in [-0.1, -0.05) is 36.4 Å². The molecule has 0 spiro atoms. The molecule has 3 rings (SSSR count). The SMILES string of the molecule is Cc1ccccc1C1CC(NC(C)c2ccc(NC(N)=O)cc2)C1. The predicted octanol–water partition coefficient (Wildman–Crippen LogP) is 4.08. The summed E-state index contributed by atoms with van der Waals surface area (Å²) in [7, 11) is 0. The summed E-state index contributed by atoms with van der Waals surface area (Å²) in [6.45, 7) is 4.37. The second-order valence-electron chi connectivity index (χ2n) is 6.72. The summed E-state index contributed by atoms with van der Waals surface area (Å²) in [6, 6.07) is 16.8. The standard InChI is InChI=1S/C20H25N3O/c1-13-5-3-4-6-19(13)16-11-18(12-16)22-14(2)15-7-9-17(10-8-15)23-20(21)24/h3-10,14,16,18,22H,11-12H2,1-2H3,(H3,21,23,24). The maximum atomic E-state index is 10.8. The number of urea groups is 1. The fraction of sp³-hybridized carbons (Fsp3) is 0.350. The Balaban J connectivity index is 1.52. The van der Waals surface area contributed by atoms with Crippen LogP contribution in [0, 0.1) is 6.92 Å². The van der Waals surface area contributed by atoms with Crippen LogP contribution in [-0.4, -0.2) is 12.1 Å². The van der Waals surface area contributed by atoms with Gasteiger partial charge in [0.25, 0.3) is 0 Å². The number of primary amides is 1. The molecule has 1 unspecified atom stereocenters. The van der Waals surface area contributed by atoms with Crippen LogP contribution in [0.2, 0.25) is 0 Å². The highest BCUT2D eigenvalue weighted by atomic mass is 16.2. The second-order valence-corrected chi connectivity index (χ2v) is 6.72. The van der Waals surface area contributed by atoms with Gasteiger partial charge in [-0.3, -0.25) is 0 Å². The van der Waals surface area contributed by atoms with Crippen molar-refractivity contribution in [3.63, 3.8) is 0 Å². The molecule has 4 heteroatoms. The number of aryl methyl sites for hydroxylation is 1. The summed E-state index contributed by atoms with van der Waals surface area (Å²) >= 11 is 0. The van der Waals surface area contributed by atoms with E-state index in [1.807, 2.05) is 24.3 Å². The summed E-state index contributed by atoms with van der Waals surface area (Å²) in [4.78, 5) is 10.8. The number of hydrogen-bond acceptors (Lipinski definition) is 2. The molecule has 1 aliphatic rings. The van der Waals surface area contributed by atoms with E-state index in [0.717, 1.165) is 5.69 Å². The third-order valence-electron chi connectivity index (χ3n) is 4.93. The molecule has 0 heterocycles. The van der Waals surface area contributed by atoms with Gasteiger partial charge in [-0.25, -0.2) is 4.79 Å². The Labute approximate surface area is 143 Å². The molecule has 2 aromatic rings. The molecule has 0 aromatic heterocycles. The van der Waals surface area contributed by atoms with Crippen molar-refractivity contribution >= 4 is 11.7 Å². The molecule has 126 valence electrons. The van der Waals surface area contributed by atoms with Crippen molar-refractivity contribution < 1.29 is 4.79 Å². The first-order valence-electron chi connectivity index (χ1n) is 8.51. The summed E-state index contributed by atoms with van der Waals surface area (Å²) in [5.41, 5.74) is 9.94. The zero-order valence-corrected chi connectivity index (χ0v) is 14.3. The topological polar surface area (TPSA) is 67.2 Å². The molecule has 0 saturated heterocycles. The molecule has 2 aromatic carbocycles. The van der Waals surface area contributed by atoms with Crippen molar-refractivity contribution in [3.05, 3.63) is 65.2 Å². The Morgan fingerprint density at radius 1 is 1.12 bits per heavy atom. The summed E-state index contributed by atoms with van der Waals surface area (Å²) in [5, 5.41) is 6.28. The number of rotatable bonds is 5. The van der Waals surface area contributed by atoms with Crippen LogP contribution in [0.15, 0.2) is 48.5 Å². The largest absolute Gasteiger partial charge is 0.351 e. The average Bonchev–Trinajstić information content (AvgIpc) is 2.51. The lowest BCUT2D eigenvalue weighted by Gasteiger charge is -2.39. The number of benzene rings is 2. The third kappa shape index (κ3) is 3.77. The van der Waals surface area contributed by atoms with Crippen molar-refractivity contribution in [2.45, 2.75) is 44.7 Å². The minimum atomic E-state index is -0.536. The fourth-order valence-corrected chi connectivity index (χ4v) is 3.50. The van der Waals surface area contributed by atoms with Crippen molar-refractivity contribution in [1.82, 2.24) is 5.32 Å². The molecule has 1 aliphatic carbocycles. The Bertz CT molecular complexity index is 705. The zero-order valence-electron chi connectivity index (χ0n) is 14.3. The van der Waals surface area contributed by atoms with Crippen LogP contribution in [-0.2, 0) is 0 Å². The summed E-state index contributed by atoms with van der Waals surface area (Å²) in [5.74, 6) is 0.679. The number of nitrogens with one attached hydrogen (secondary N) is 2. The van der Waals surface area contributed by atoms with E-state index >= 15 is 0 Å². The lowest BCUT2D eigenvalue weighted by atomic mass is 9.74. The van der Waals surface area contributed by atoms with Gasteiger partial charge >= 0.3 is 6.03 Å². The van der Waals surface area contributed by atoms with E-state index in [9.17, 15) is 4.79 Å². The van der Waals surface area contributed by atoms with E-state index in [-0.39, 0.29) is 6.04 Å². The maximum absolute atomic E-state index is 10.8. The summed E-state index contributed by atoms with van der Waals surface area (Å²) < 4.78 is 0. The van der Waals surface area contributed by atoms with E-state index in [1.54, 1.807) is 0 Å². The van der Waals surface area contributed by atoms with E-state index in [0.29, 0.717) is 12.0 Å². The maximum Gasteiger partial charge on any atom is 0.316 e. The highest BCUT2D eigenvalue weighted by Gasteiger charge is 2.31. The average molecular weight is 323 g/mol. The highest BCUT2D eigenvalue weighted by Crippen LogP contribution is 2.39. The molecular weight excluding hydrogens is 298 g/mol. The summed E-state index contributed by atoms with van der Waals surface area (Å²) in [6.07, 6.45) is 2.38. The number of hydrogen-bond donors (Lipinski definition) is 3. The number of carbonyl (C=O) groups excluding carboxylic acids is 1. The van der Waals surface area contributed by atoms with Crippen LogP contribution in [0.4, 0.5) is 10.5 Å². The Morgan fingerprint density at radius 3 is 2.42 bits per heavy atom. The van der Waals surface area contributed by atoms with E-state index < -0.39 is 6.03 Å². The monoisotopic (exact) mass is 323 g/mol. The van der Waals surface area contributed by atoms with Crippen molar-refractivity contribution in [2.24, 2.45) is 5.73 Å². The van der Waals surface area contributed by atoms with Gasteiger partial charge in [0.05, 0.1) is 0 Å². The Hall–Kier alpha value is -2.33. The normalized spacial score (nSPS) is 20.9. The Morgan fingerprint density at radius 2 is 1.79 bits per heavy atom. The minimum Gasteiger partial charge on any atom is -0.351 e. The number of amides is 2. The lowest BCUT2D eigenvalue weighted by molar-refractivity contribution is 0.259. The highest BCUT2D eigenvalue weighted by molar-refractivity contribution is 5.87. The van der Waals surface area contributed by atoms with Crippen LogP contribution < -0.4 is 16.4 Å². The first kappa shape index (κ1) is 16.5. The lowest BCUT2D eigenvalue weighted by Crippen LogP contribution is -2.41. The number of nitrogens with two attached hydrogens (primary N) is 1. The van der Waals surface area contributed by atoms with Gasteiger partial charge in [0.2, 0.25) is 0 Å². The van der Waals surface area contributed by atoms with Gasteiger partial charge in [-0.05, 0) is 61.4 Å². The third-order valence-corrected chi connectivity index (χ3v) is 4.93. The van der Waals surface area contributed by atoms with E-state index in [4.69, 9.17) is 5.73 Å². The van der Waals surface area contributed by atoms with Crippen molar-refractivity contribution in [2.75, 3.05) is 5.32 Å². The smallest absolute Gasteiger partial charge is 0.316 e. The van der Waals surface area contributed by atoms with E-state index in [2.05, 4.69) is 48.7 Å². The van der Waals surface area contributed by atoms with Gasteiger partial charge in [0.1, 0.15) is 0 Å². The van der Waals surface area contributed by atoms with E-state index in [1.165, 1.54) is 29.5 Å². The van der Waals surface area contributed by atoms with Gasteiger partial charge in [0.15, 0.2) is 0 Å². The van der Waals surface area contributed by atoms with Gasteiger partial charge in [-0.2, -0.15) is 0 Å². The molecule has 1 atom stereocenters. The molecule has 1 fully saturated rings. The van der Waals surface area contributed by atoms with Gasteiger partial charge in [0, 0.05) is 17.8 Å². The number of carbonyl (C=O) groups is 1. The van der Waals surface area contributed by atoms with Crippen LogP contribution >= 0.6 is 0 Å². The minimum absolute atomic E-state index is 0.287.